The topological polar surface area (TPSA) is 68.0 Å². The molecule has 4 nitrogen and oxygen atoms in total. The summed E-state index contributed by atoms with van der Waals surface area (Å²) in [5.74, 6) is -0.0434. The maximum atomic E-state index is 11.9. The van der Waals surface area contributed by atoms with Gasteiger partial charge in [0.15, 0.2) is 0 Å². The molecule has 0 bridgehead atoms. The van der Waals surface area contributed by atoms with Crippen LogP contribution < -0.4 is 11.1 Å². The van der Waals surface area contributed by atoms with Gasteiger partial charge in [-0.05, 0) is 46.3 Å². The number of nitrogens with zero attached hydrogens (tertiary/aromatic N) is 1. The first-order valence-electron chi connectivity index (χ1n) is 5.05. The molecule has 6 heteroatoms. The summed E-state index contributed by atoms with van der Waals surface area (Å²) in [5, 5.41) is 3.24. The van der Waals surface area contributed by atoms with Crippen LogP contribution in [0.25, 0.3) is 0 Å². The number of pyridine rings is 1. The largest absolute Gasteiger partial charge is 0.384 e. The van der Waals surface area contributed by atoms with Gasteiger partial charge in [-0.25, -0.2) is 4.98 Å². The minimum absolute atomic E-state index is 0.252. The van der Waals surface area contributed by atoms with E-state index in [9.17, 15) is 4.79 Å². The minimum atomic E-state index is -0.342. The van der Waals surface area contributed by atoms with Crippen molar-refractivity contribution in [2.45, 2.75) is 0 Å². The van der Waals surface area contributed by atoms with E-state index in [0.29, 0.717) is 16.5 Å². The number of nitrogen functional groups attached to an aromatic ring is 1. The Labute approximate surface area is 117 Å². The molecule has 0 saturated carbocycles. The molecule has 2 rings (SSSR count). The Morgan fingerprint density at radius 1 is 1.33 bits per heavy atom. The molecule has 1 amide bonds. The van der Waals surface area contributed by atoms with Gasteiger partial charge in [0.2, 0.25) is 0 Å². The summed E-state index contributed by atoms with van der Waals surface area (Å²) in [5.41, 5.74) is 6.35. The van der Waals surface area contributed by atoms with E-state index in [1.807, 2.05) is 0 Å². The van der Waals surface area contributed by atoms with Gasteiger partial charge in [0, 0.05) is 9.50 Å². The number of halogens is 2. The second-order valence-corrected chi connectivity index (χ2v) is 4.82. The van der Waals surface area contributed by atoms with E-state index in [4.69, 9.17) is 17.3 Å². The number of rotatable bonds is 2. The molecule has 0 saturated heterocycles. The lowest BCUT2D eigenvalue weighted by Gasteiger charge is -2.07. The SMILES string of the molecule is Nc1cccc(C(=O)Nc2cc(Cl)ccc2Br)n1. The number of nitrogens with two attached hydrogens (primary N) is 1. The normalized spacial score (nSPS) is 10.1. The van der Waals surface area contributed by atoms with Crippen LogP contribution in [-0.4, -0.2) is 10.9 Å². The van der Waals surface area contributed by atoms with E-state index < -0.39 is 0 Å². The molecule has 2 aromatic rings. The molecule has 0 unspecified atom stereocenters. The van der Waals surface area contributed by atoms with Crippen LogP contribution >= 0.6 is 27.5 Å². The van der Waals surface area contributed by atoms with E-state index in [2.05, 4.69) is 26.2 Å². The highest BCUT2D eigenvalue weighted by molar-refractivity contribution is 9.10. The van der Waals surface area contributed by atoms with Crippen LogP contribution in [0.3, 0.4) is 0 Å². The van der Waals surface area contributed by atoms with E-state index in [0.717, 1.165) is 4.47 Å². The van der Waals surface area contributed by atoms with Gasteiger partial charge in [0.05, 0.1) is 5.69 Å². The maximum absolute atomic E-state index is 11.9. The first-order valence-corrected chi connectivity index (χ1v) is 6.22. The van der Waals surface area contributed by atoms with Crippen LogP contribution in [-0.2, 0) is 0 Å². The first kappa shape index (κ1) is 12.9. The van der Waals surface area contributed by atoms with Gasteiger partial charge in [-0.2, -0.15) is 0 Å². The Morgan fingerprint density at radius 2 is 2.11 bits per heavy atom. The maximum Gasteiger partial charge on any atom is 0.274 e. The van der Waals surface area contributed by atoms with Crippen molar-refractivity contribution in [2.75, 3.05) is 11.1 Å². The molecule has 92 valence electrons. The zero-order valence-corrected chi connectivity index (χ0v) is 11.5. The third kappa shape index (κ3) is 3.00. The van der Waals surface area contributed by atoms with Crippen molar-refractivity contribution in [3.63, 3.8) is 0 Å². The van der Waals surface area contributed by atoms with Gasteiger partial charge in [-0.15, -0.1) is 0 Å². The van der Waals surface area contributed by atoms with Crippen LogP contribution in [0.4, 0.5) is 11.5 Å². The summed E-state index contributed by atoms with van der Waals surface area (Å²) in [6.45, 7) is 0. The summed E-state index contributed by atoms with van der Waals surface area (Å²) in [6, 6.07) is 10.0. The van der Waals surface area contributed by atoms with E-state index in [1.165, 1.54) is 0 Å². The smallest absolute Gasteiger partial charge is 0.274 e. The lowest BCUT2D eigenvalue weighted by Crippen LogP contribution is -2.14. The number of anilines is 2. The number of carbonyl (C=O) groups is 1. The second kappa shape index (κ2) is 5.37. The zero-order valence-electron chi connectivity index (χ0n) is 9.15. The Kier molecular flexibility index (Phi) is 3.84. The van der Waals surface area contributed by atoms with Crippen molar-refractivity contribution >= 4 is 44.9 Å². The molecule has 0 atom stereocenters. The quantitative estimate of drug-likeness (QED) is 0.889. The minimum Gasteiger partial charge on any atom is -0.384 e. The molecule has 0 aliphatic heterocycles. The van der Waals surface area contributed by atoms with Gasteiger partial charge in [0.1, 0.15) is 11.5 Å². The second-order valence-electron chi connectivity index (χ2n) is 3.53. The lowest BCUT2D eigenvalue weighted by atomic mass is 10.3. The third-order valence-corrected chi connectivity index (χ3v) is 3.11. The van der Waals surface area contributed by atoms with Gasteiger partial charge in [0.25, 0.3) is 5.91 Å². The molecule has 0 radical (unpaired) electrons. The Morgan fingerprint density at radius 3 is 2.83 bits per heavy atom. The highest BCUT2D eigenvalue weighted by Crippen LogP contribution is 2.26. The number of benzene rings is 1. The monoisotopic (exact) mass is 325 g/mol. The average Bonchev–Trinajstić information content (AvgIpc) is 2.34. The average molecular weight is 327 g/mol. The number of hydrogen-bond donors (Lipinski definition) is 2. The number of carbonyl (C=O) groups excluding carboxylic acids is 1. The highest BCUT2D eigenvalue weighted by atomic mass is 79.9. The molecule has 0 aliphatic carbocycles. The first-order chi connectivity index (χ1) is 8.56. The summed E-state index contributed by atoms with van der Waals surface area (Å²) < 4.78 is 0.740. The van der Waals surface area contributed by atoms with Gasteiger partial charge in [-0.1, -0.05) is 17.7 Å². The number of hydrogen-bond acceptors (Lipinski definition) is 3. The predicted molar refractivity (Wildman–Crippen MR) is 75.8 cm³/mol. The lowest BCUT2D eigenvalue weighted by molar-refractivity contribution is 0.102. The predicted octanol–water partition coefficient (Wildman–Crippen LogP) is 3.33. The van der Waals surface area contributed by atoms with Crippen molar-refractivity contribution in [1.29, 1.82) is 0 Å². The van der Waals surface area contributed by atoms with Crippen molar-refractivity contribution in [3.8, 4) is 0 Å². The summed E-state index contributed by atoms with van der Waals surface area (Å²) in [7, 11) is 0. The van der Waals surface area contributed by atoms with Crippen molar-refractivity contribution in [3.05, 3.63) is 51.6 Å². The molecular formula is C12H9BrClN3O. The van der Waals surface area contributed by atoms with E-state index in [1.54, 1.807) is 36.4 Å². The number of aromatic nitrogens is 1. The summed E-state index contributed by atoms with van der Waals surface area (Å²) in [6.07, 6.45) is 0. The zero-order chi connectivity index (χ0) is 13.1. The highest BCUT2D eigenvalue weighted by Gasteiger charge is 2.10. The summed E-state index contributed by atoms with van der Waals surface area (Å²) >= 11 is 9.19. The van der Waals surface area contributed by atoms with Crippen molar-refractivity contribution < 1.29 is 4.79 Å². The molecule has 0 aliphatic rings. The molecule has 18 heavy (non-hydrogen) atoms. The van der Waals surface area contributed by atoms with E-state index in [-0.39, 0.29) is 11.6 Å². The van der Waals surface area contributed by atoms with Gasteiger partial charge >= 0.3 is 0 Å². The Bertz CT molecular complexity index is 604. The van der Waals surface area contributed by atoms with Gasteiger partial charge in [-0.3, -0.25) is 4.79 Å². The number of nitrogens with one attached hydrogen (secondary N) is 1. The molecule has 0 fully saturated rings. The molecule has 0 spiro atoms. The van der Waals surface area contributed by atoms with Crippen LogP contribution in [0.5, 0.6) is 0 Å². The number of amides is 1. The van der Waals surface area contributed by atoms with Crippen LogP contribution in [0.2, 0.25) is 5.02 Å². The fraction of sp³-hybridized carbons (Fsp3) is 0. The molecule has 3 N–H and O–H groups in total. The van der Waals surface area contributed by atoms with Gasteiger partial charge < -0.3 is 11.1 Å². The van der Waals surface area contributed by atoms with Crippen LogP contribution in [0.1, 0.15) is 10.5 Å². The van der Waals surface area contributed by atoms with Crippen molar-refractivity contribution in [2.24, 2.45) is 0 Å². The van der Waals surface area contributed by atoms with E-state index >= 15 is 0 Å². The summed E-state index contributed by atoms with van der Waals surface area (Å²) in [4.78, 5) is 15.9. The van der Waals surface area contributed by atoms with Crippen molar-refractivity contribution in [1.82, 2.24) is 4.98 Å². The van der Waals surface area contributed by atoms with Crippen LogP contribution in [0.15, 0.2) is 40.9 Å². The fourth-order valence-electron chi connectivity index (χ4n) is 1.36. The Hall–Kier alpha value is -1.59. The Balaban J connectivity index is 2.24. The van der Waals surface area contributed by atoms with Crippen LogP contribution in [0, 0.1) is 0 Å². The molecule has 1 heterocycles. The third-order valence-electron chi connectivity index (χ3n) is 2.18. The standard InChI is InChI=1S/C12H9BrClN3O/c13-8-5-4-7(14)6-10(8)17-12(18)9-2-1-3-11(15)16-9/h1-6H,(H2,15,16)(H,17,18). The fourth-order valence-corrected chi connectivity index (χ4v) is 1.88. The molecule has 1 aromatic carbocycles. The molecular weight excluding hydrogens is 318 g/mol. The molecule has 1 aromatic heterocycles.